The van der Waals surface area contributed by atoms with Crippen molar-refractivity contribution in [2.45, 2.75) is 19.8 Å². The third-order valence-electron chi connectivity index (χ3n) is 5.92. The van der Waals surface area contributed by atoms with E-state index in [1.807, 2.05) is 43.0 Å². The summed E-state index contributed by atoms with van der Waals surface area (Å²) >= 11 is 0. The van der Waals surface area contributed by atoms with Crippen molar-refractivity contribution in [3.05, 3.63) is 102 Å². The lowest BCUT2D eigenvalue weighted by atomic mass is 10.0. The van der Waals surface area contributed by atoms with Gasteiger partial charge in [-0.2, -0.15) is 0 Å². The summed E-state index contributed by atoms with van der Waals surface area (Å²) in [6.07, 6.45) is 9.41. The lowest BCUT2D eigenvalue weighted by molar-refractivity contribution is 0.895. The summed E-state index contributed by atoms with van der Waals surface area (Å²) in [4.78, 5) is 16.3. The summed E-state index contributed by atoms with van der Waals surface area (Å²) < 4.78 is 2.13. The smallest absolute Gasteiger partial charge is 0.159 e. The van der Waals surface area contributed by atoms with Crippen molar-refractivity contribution in [3.8, 4) is 22.5 Å². The molecule has 33 heavy (non-hydrogen) atoms. The highest BCUT2D eigenvalue weighted by molar-refractivity contribution is 5.75. The van der Waals surface area contributed by atoms with E-state index in [9.17, 15) is 0 Å². The highest BCUT2D eigenvalue weighted by Gasteiger charge is 2.13. The second-order valence-electron chi connectivity index (χ2n) is 8.55. The van der Waals surface area contributed by atoms with Gasteiger partial charge in [0.25, 0.3) is 0 Å². The number of rotatable bonds is 6. The number of imidazole rings is 1. The fraction of sp³-hybridized carbons (Fsp3) is 0.179. The minimum atomic E-state index is 0.800. The molecule has 0 amide bonds. The zero-order chi connectivity index (χ0) is 22.8. The Kier molecular flexibility index (Phi) is 5.61. The SMILES string of the molecule is Cc1cccc(-c2ncc(CCc3nccn4c(-c5ccccc5)cnc34)cc2N(C)C)c1. The quantitative estimate of drug-likeness (QED) is 0.349. The summed E-state index contributed by atoms with van der Waals surface area (Å²) in [6, 6.07) is 21.1. The van der Waals surface area contributed by atoms with Crippen molar-refractivity contribution >= 4 is 11.3 Å². The number of aromatic nitrogens is 4. The van der Waals surface area contributed by atoms with E-state index in [0.29, 0.717) is 0 Å². The van der Waals surface area contributed by atoms with Crippen LogP contribution in [-0.4, -0.2) is 33.4 Å². The monoisotopic (exact) mass is 433 g/mol. The number of nitrogens with zero attached hydrogens (tertiary/aromatic N) is 5. The lowest BCUT2D eigenvalue weighted by Crippen LogP contribution is -2.12. The van der Waals surface area contributed by atoms with Gasteiger partial charge in [0.2, 0.25) is 0 Å². The maximum Gasteiger partial charge on any atom is 0.159 e. The molecular formula is C28H27N5. The number of hydrogen-bond donors (Lipinski definition) is 0. The number of anilines is 1. The molecule has 5 nitrogen and oxygen atoms in total. The van der Waals surface area contributed by atoms with Gasteiger partial charge in [-0.25, -0.2) is 4.98 Å². The van der Waals surface area contributed by atoms with E-state index >= 15 is 0 Å². The molecule has 0 saturated carbocycles. The summed E-state index contributed by atoms with van der Waals surface area (Å²) in [5.41, 5.74) is 9.82. The van der Waals surface area contributed by atoms with Crippen LogP contribution in [0, 0.1) is 6.92 Å². The minimum absolute atomic E-state index is 0.800. The molecule has 0 atom stereocenters. The van der Waals surface area contributed by atoms with Crippen LogP contribution in [0.5, 0.6) is 0 Å². The first-order valence-corrected chi connectivity index (χ1v) is 11.2. The van der Waals surface area contributed by atoms with Crippen LogP contribution in [0.25, 0.3) is 28.2 Å². The molecule has 0 aliphatic rings. The van der Waals surface area contributed by atoms with Gasteiger partial charge in [0.15, 0.2) is 5.65 Å². The molecule has 164 valence electrons. The Morgan fingerprint density at radius 1 is 0.818 bits per heavy atom. The van der Waals surface area contributed by atoms with Crippen molar-refractivity contribution < 1.29 is 0 Å². The predicted molar refractivity (Wildman–Crippen MR) is 135 cm³/mol. The Bertz CT molecular complexity index is 1400. The van der Waals surface area contributed by atoms with Crippen molar-refractivity contribution in [1.29, 1.82) is 0 Å². The molecule has 0 saturated heterocycles. The largest absolute Gasteiger partial charge is 0.376 e. The Labute approximate surface area is 194 Å². The van der Waals surface area contributed by atoms with Gasteiger partial charge < -0.3 is 4.90 Å². The Morgan fingerprint density at radius 2 is 1.64 bits per heavy atom. The lowest BCUT2D eigenvalue weighted by Gasteiger charge is -2.18. The highest BCUT2D eigenvalue weighted by atomic mass is 15.1. The van der Waals surface area contributed by atoms with Gasteiger partial charge >= 0.3 is 0 Å². The highest BCUT2D eigenvalue weighted by Crippen LogP contribution is 2.29. The molecule has 5 heteroatoms. The normalized spacial score (nSPS) is 11.1. The van der Waals surface area contributed by atoms with Gasteiger partial charge in [0.1, 0.15) is 0 Å². The first-order chi connectivity index (χ1) is 16.1. The maximum absolute atomic E-state index is 4.85. The molecule has 5 aromatic rings. The van der Waals surface area contributed by atoms with E-state index in [4.69, 9.17) is 9.97 Å². The number of fused-ring (bicyclic) bond motifs is 1. The molecular weight excluding hydrogens is 406 g/mol. The van der Waals surface area contributed by atoms with Crippen molar-refractivity contribution in [1.82, 2.24) is 19.4 Å². The second-order valence-corrected chi connectivity index (χ2v) is 8.55. The number of hydrogen-bond acceptors (Lipinski definition) is 4. The first kappa shape index (κ1) is 20.9. The van der Waals surface area contributed by atoms with Crippen molar-refractivity contribution in [2.75, 3.05) is 19.0 Å². The third-order valence-corrected chi connectivity index (χ3v) is 5.92. The van der Waals surface area contributed by atoms with Crippen LogP contribution < -0.4 is 4.90 Å². The van der Waals surface area contributed by atoms with Crippen molar-refractivity contribution in [2.24, 2.45) is 0 Å². The van der Waals surface area contributed by atoms with Crippen LogP contribution in [0.4, 0.5) is 5.69 Å². The molecule has 0 unspecified atom stereocenters. The van der Waals surface area contributed by atoms with Crippen LogP contribution in [0.3, 0.4) is 0 Å². The molecule has 3 heterocycles. The summed E-state index contributed by atoms with van der Waals surface area (Å²) in [7, 11) is 4.13. The van der Waals surface area contributed by atoms with Crippen LogP contribution >= 0.6 is 0 Å². The van der Waals surface area contributed by atoms with E-state index in [1.165, 1.54) is 11.1 Å². The molecule has 3 aromatic heterocycles. The van der Waals surface area contributed by atoms with E-state index < -0.39 is 0 Å². The molecule has 0 radical (unpaired) electrons. The van der Waals surface area contributed by atoms with E-state index in [1.54, 1.807) is 0 Å². The van der Waals surface area contributed by atoms with Crippen LogP contribution in [-0.2, 0) is 12.8 Å². The molecule has 0 aliphatic heterocycles. The topological polar surface area (TPSA) is 46.3 Å². The Balaban J connectivity index is 1.43. The number of aryl methyl sites for hydroxylation is 3. The van der Waals surface area contributed by atoms with Gasteiger partial charge in [-0.1, -0.05) is 54.1 Å². The molecule has 0 spiro atoms. The molecule has 2 aromatic carbocycles. The van der Waals surface area contributed by atoms with Crippen LogP contribution in [0.2, 0.25) is 0 Å². The molecule has 0 aliphatic carbocycles. The fourth-order valence-corrected chi connectivity index (χ4v) is 4.22. The predicted octanol–water partition coefficient (Wildman–Crippen LogP) is 5.62. The Hall–Kier alpha value is -3.99. The van der Waals surface area contributed by atoms with Crippen LogP contribution in [0.15, 0.2) is 85.5 Å². The zero-order valence-corrected chi connectivity index (χ0v) is 19.2. The van der Waals surface area contributed by atoms with Gasteiger partial charge in [0.05, 0.1) is 29.0 Å². The minimum Gasteiger partial charge on any atom is -0.376 e. The third kappa shape index (κ3) is 4.22. The number of pyridine rings is 1. The fourth-order valence-electron chi connectivity index (χ4n) is 4.22. The maximum atomic E-state index is 4.85. The van der Waals surface area contributed by atoms with E-state index in [-0.39, 0.29) is 0 Å². The van der Waals surface area contributed by atoms with Crippen molar-refractivity contribution in [3.63, 3.8) is 0 Å². The zero-order valence-electron chi connectivity index (χ0n) is 19.2. The summed E-state index contributed by atoms with van der Waals surface area (Å²) in [5.74, 6) is 0. The molecule has 5 rings (SSSR count). The van der Waals surface area contributed by atoms with Gasteiger partial charge in [-0.3, -0.25) is 14.4 Å². The number of benzene rings is 2. The van der Waals surface area contributed by atoms with Gasteiger partial charge in [-0.05, 0) is 37.5 Å². The first-order valence-electron chi connectivity index (χ1n) is 11.2. The standard InChI is InChI=1S/C28H27N5/c1-20-8-7-11-23(16-20)27-25(32(2)3)17-21(18-30-27)12-13-24-28-31-19-26(33(28)15-14-29-24)22-9-5-4-6-10-22/h4-11,14-19H,12-13H2,1-3H3. The average molecular weight is 434 g/mol. The molecule has 0 N–H and O–H groups in total. The van der Waals surface area contributed by atoms with E-state index in [2.05, 4.69) is 77.8 Å². The van der Waals surface area contributed by atoms with Crippen LogP contribution in [0.1, 0.15) is 16.8 Å². The summed E-state index contributed by atoms with van der Waals surface area (Å²) in [6.45, 7) is 2.11. The second kappa shape index (κ2) is 8.87. The molecule has 0 fully saturated rings. The average Bonchev–Trinajstić information content (AvgIpc) is 3.28. The van der Waals surface area contributed by atoms with Gasteiger partial charge in [-0.15, -0.1) is 0 Å². The Morgan fingerprint density at radius 3 is 2.42 bits per heavy atom. The molecule has 0 bridgehead atoms. The van der Waals surface area contributed by atoms with E-state index in [0.717, 1.165) is 52.4 Å². The summed E-state index contributed by atoms with van der Waals surface area (Å²) in [5, 5.41) is 0. The van der Waals surface area contributed by atoms with Gasteiger partial charge in [0, 0.05) is 43.8 Å².